The van der Waals surface area contributed by atoms with Crippen LogP contribution in [-0.2, 0) is 15.5 Å². The largest absolute Gasteiger partial charge is 0.493 e. The first-order chi connectivity index (χ1) is 7.52. The second kappa shape index (κ2) is 4.26. The number of halogens is 1. The van der Waals surface area contributed by atoms with Crippen LogP contribution in [0.25, 0.3) is 0 Å². The minimum atomic E-state index is -3.55. The summed E-state index contributed by atoms with van der Waals surface area (Å²) in [5.74, 6) is 0.852. The van der Waals surface area contributed by atoms with Crippen molar-refractivity contribution in [1.82, 2.24) is 0 Å². The Kier molecular flexibility index (Phi) is 3.13. The van der Waals surface area contributed by atoms with Gasteiger partial charge in [0, 0.05) is 17.1 Å². The van der Waals surface area contributed by atoms with E-state index in [1.54, 1.807) is 6.07 Å². The molecule has 0 aliphatic carbocycles. The van der Waals surface area contributed by atoms with Crippen molar-refractivity contribution in [2.75, 3.05) is 6.61 Å². The van der Waals surface area contributed by atoms with Crippen molar-refractivity contribution >= 4 is 19.7 Å². The first-order valence-electron chi connectivity index (χ1n) is 5.21. The quantitative estimate of drug-likeness (QED) is 0.785. The van der Waals surface area contributed by atoms with Crippen molar-refractivity contribution < 1.29 is 13.2 Å². The summed E-state index contributed by atoms with van der Waals surface area (Å²) in [4.78, 5) is 0. The maximum absolute atomic E-state index is 11.4. The highest BCUT2D eigenvalue weighted by Gasteiger charge is 2.24. The van der Waals surface area contributed by atoms with E-state index in [-0.39, 0.29) is 0 Å². The Bertz CT molecular complexity index is 496. The third kappa shape index (κ3) is 2.18. The lowest BCUT2D eigenvalue weighted by atomic mass is 10.0. The predicted molar refractivity (Wildman–Crippen MR) is 63.4 cm³/mol. The van der Waals surface area contributed by atoms with E-state index < -0.39 is 14.3 Å². The average Bonchev–Trinajstić information content (AvgIpc) is 2.63. The van der Waals surface area contributed by atoms with Gasteiger partial charge >= 0.3 is 0 Å². The third-order valence-corrected chi connectivity index (χ3v) is 4.73. The van der Waals surface area contributed by atoms with Crippen LogP contribution >= 0.6 is 10.7 Å². The molecule has 5 heteroatoms. The molecule has 2 rings (SSSR count). The zero-order valence-corrected chi connectivity index (χ0v) is 10.5. The molecule has 0 amide bonds. The number of ether oxygens (including phenoxy) is 1. The van der Waals surface area contributed by atoms with Gasteiger partial charge in [-0.1, -0.05) is 19.1 Å². The Morgan fingerprint density at radius 1 is 1.50 bits per heavy atom. The second-order valence-electron chi connectivity index (χ2n) is 3.84. The van der Waals surface area contributed by atoms with E-state index in [0.717, 1.165) is 23.3 Å². The Balaban J connectivity index is 2.40. The van der Waals surface area contributed by atoms with Gasteiger partial charge in [0.1, 0.15) is 11.0 Å². The molecule has 0 fully saturated rings. The predicted octanol–water partition coefficient (Wildman–Crippen LogP) is 2.64. The lowest BCUT2D eigenvalue weighted by Gasteiger charge is -2.12. The standard InChI is InChI=1S/C11H13ClO3S/c1-2-11(16(12,13)14)9-3-4-10-8(7-9)5-6-15-10/h3-4,7,11H,2,5-6H2,1H3. The Morgan fingerprint density at radius 3 is 2.88 bits per heavy atom. The fourth-order valence-electron chi connectivity index (χ4n) is 2.00. The maximum atomic E-state index is 11.4. The van der Waals surface area contributed by atoms with E-state index >= 15 is 0 Å². The number of rotatable bonds is 3. The monoisotopic (exact) mass is 260 g/mol. The molecule has 1 aliphatic heterocycles. The van der Waals surface area contributed by atoms with Crippen molar-refractivity contribution in [2.24, 2.45) is 0 Å². The van der Waals surface area contributed by atoms with Crippen LogP contribution in [0.4, 0.5) is 0 Å². The fourth-order valence-corrected chi connectivity index (χ4v) is 3.56. The van der Waals surface area contributed by atoms with Gasteiger partial charge in [-0.25, -0.2) is 8.42 Å². The number of fused-ring (bicyclic) bond motifs is 1. The third-order valence-electron chi connectivity index (χ3n) is 2.80. The topological polar surface area (TPSA) is 43.4 Å². The zero-order valence-electron chi connectivity index (χ0n) is 8.94. The zero-order chi connectivity index (χ0) is 11.8. The minimum Gasteiger partial charge on any atom is -0.493 e. The summed E-state index contributed by atoms with van der Waals surface area (Å²) in [5.41, 5.74) is 1.82. The van der Waals surface area contributed by atoms with Crippen LogP contribution in [-0.4, -0.2) is 15.0 Å². The number of hydrogen-bond donors (Lipinski definition) is 0. The molecular formula is C11H13ClO3S. The molecule has 0 saturated carbocycles. The van der Waals surface area contributed by atoms with Crippen molar-refractivity contribution in [3.05, 3.63) is 29.3 Å². The lowest BCUT2D eigenvalue weighted by Crippen LogP contribution is -2.06. The van der Waals surface area contributed by atoms with Gasteiger partial charge in [0.25, 0.3) is 0 Å². The number of benzene rings is 1. The molecule has 0 bridgehead atoms. The Labute approximate surface area is 99.8 Å². The molecule has 0 N–H and O–H groups in total. The van der Waals surface area contributed by atoms with E-state index in [2.05, 4.69) is 0 Å². The van der Waals surface area contributed by atoms with Crippen LogP contribution in [0, 0.1) is 0 Å². The Hall–Kier alpha value is -0.740. The van der Waals surface area contributed by atoms with Gasteiger partial charge in [-0.2, -0.15) is 0 Å². The molecule has 0 radical (unpaired) electrons. The molecule has 3 nitrogen and oxygen atoms in total. The molecule has 1 heterocycles. The van der Waals surface area contributed by atoms with E-state index in [9.17, 15) is 8.42 Å². The first kappa shape index (κ1) is 11.7. The fraction of sp³-hybridized carbons (Fsp3) is 0.455. The first-order valence-corrected chi connectivity index (χ1v) is 7.58. The van der Waals surface area contributed by atoms with Crippen LogP contribution in [0.1, 0.15) is 29.7 Å². The van der Waals surface area contributed by atoms with Crippen molar-refractivity contribution in [3.63, 3.8) is 0 Å². The molecular weight excluding hydrogens is 248 g/mol. The minimum absolute atomic E-state index is 0.478. The second-order valence-corrected chi connectivity index (χ2v) is 6.65. The van der Waals surface area contributed by atoms with Gasteiger partial charge in [-0.15, -0.1) is 0 Å². The normalized spacial score (nSPS) is 16.6. The molecule has 16 heavy (non-hydrogen) atoms. The summed E-state index contributed by atoms with van der Waals surface area (Å²) in [6.45, 7) is 2.48. The molecule has 0 saturated heterocycles. The van der Waals surface area contributed by atoms with Crippen molar-refractivity contribution in [3.8, 4) is 5.75 Å². The number of hydrogen-bond acceptors (Lipinski definition) is 3. The van der Waals surface area contributed by atoms with E-state index in [0.29, 0.717) is 13.0 Å². The van der Waals surface area contributed by atoms with E-state index in [1.807, 2.05) is 19.1 Å². The van der Waals surface area contributed by atoms with E-state index in [4.69, 9.17) is 15.4 Å². The summed E-state index contributed by atoms with van der Waals surface area (Å²) in [6, 6.07) is 5.48. The van der Waals surface area contributed by atoms with Crippen LogP contribution < -0.4 is 4.74 Å². The van der Waals surface area contributed by atoms with Gasteiger partial charge in [-0.05, 0) is 23.6 Å². The van der Waals surface area contributed by atoms with Crippen molar-refractivity contribution in [2.45, 2.75) is 25.0 Å². The molecule has 0 spiro atoms. The summed E-state index contributed by atoms with van der Waals surface area (Å²) < 4.78 is 28.2. The smallest absolute Gasteiger partial charge is 0.239 e. The summed E-state index contributed by atoms with van der Waals surface area (Å²) in [6.07, 6.45) is 1.31. The van der Waals surface area contributed by atoms with Crippen LogP contribution in [0.3, 0.4) is 0 Å². The average molecular weight is 261 g/mol. The molecule has 1 aliphatic rings. The van der Waals surface area contributed by atoms with Gasteiger partial charge in [0.2, 0.25) is 9.05 Å². The maximum Gasteiger partial charge on any atom is 0.239 e. The van der Waals surface area contributed by atoms with Crippen LogP contribution in [0.2, 0.25) is 0 Å². The Morgan fingerprint density at radius 2 is 2.25 bits per heavy atom. The van der Waals surface area contributed by atoms with Crippen LogP contribution in [0.15, 0.2) is 18.2 Å². The van der Waals surface area contributed by atoms with Crippen molar-refractivity contribution in [1.29, 1.82) is 0 Å². The lowest BCUT2D eigenvalue weighted by molar-refractivity contribution is 0.357. The van der Waals surface area contributed by atoms with Gasteiger partial charge < -0.3 is 4.74 Å². The summed E-state index contributed by atoms with van der Waals surface area (Å²) in [7, 11) is 1.87. The summed E-state index contributed by atoms with van der Waals surface area (Å²) >= 11 is 0. The molecule has 1 aromatic rings. The molecule has 88 valence electrons. The molecule has 1 aromatic carbocycles. The van der Waals surface area contributed by atoms with Gasteiger partial charge in [0.15, 0.2) is 0 Å². The summed E-state index contributed by atoms with van der Waals surface area (Å²) in [5, 5.41) is -0.625. The van der Waals surface area contributed by atoms with E-state index in [1.165, 1.54) is 0 Å². The van der Waals surface area contributed by atoms with Crippen LogP contribution in [0.5, 0.6) is 5.75 Å². The van der Waals surface area contributed by atoms with Gasteiger partial charge in [0.05, 0.1) is 6.61 Å². The van der Waals surface area contributed by atoms with Gasteiger partial charge in [-0.3, -0.25) is 0 Å². The molecule has 1 unspecified atom stereocenters. The highest BCUT2D eigenvalue weighted by molar-refractivity contribution is 8.13. The molecule has 1 atom stereocenters. The highest BCUT2D eigenvalue weighted by atomic mass is 35.7. The highest BCUT2D eigenvalue weighted by Crippen LogP contribution is 2.33. The SMILES string of the molecule is CCC(c1ccc2c(c1)CCO2)S(=O)(=O)Cl. The molecule has 0 aromatic heterocycles.